The SMILES string of the molecule is CC(C)(CCNC1CC1)CCc1cc(F)c(Br)cc1F. The van der Waals surface area contributed by atoms with E-state index >= 15 is 0 Å². The van der Waals surface area contributed by atoms with Crippen LogP contribution in [0.4, 0.5) is 8.78 Å². The van der Waals surface area contributed by atoms with E-state index in [0.29, 0.717) is 12.0 Å². The molecule has 2 rings (SSSR count). The second-order valence-electron chi connectivity index (χ2n) is 6.50. The lowest BCUT2D eigenvalue weighted by Crippen LogP contribution is -2.24. The minimum atomic E-state index is -0.394. The second-order valence-corrected chi connectivity index (χ2v) is 7.35. The Bertz CT molecular complexity index is 470. The average molecular weight is 346 g/mol. The molecule has 0 aromatic heterocycles. The highest BCUT2D eigenvalue weighted by atomic mass is 79.9. The summed E-state index contributed by atoms with van der Waals surface area (Å²) in [5, 5.41) is 3.50. The third-order valence-electron chi connectivity index (χ3n) is 3.97. The maximum Gasteiger partial charge on any atom is 0.137 e. The van der Waals surface area contributed by atoms with Crippen LogP contribution in [-0.4, -0.2) is 12.6 Å². The summed E-state index contributed by atoms with van der Waals surface area (Å²) >= 11 is 3.00. The van der Waals surface area contributed by atoms with E-state index in [-0.39, 0.29) is 15.7 Å². The molecule has 20 heavy (non-hydrogen) atoms. The summed E-state index contributed by atoms with van der Waals surface area (Å²) in [5.74, 6) is -0.722. The molecule has 1 fully saturated rings. The summed E-state index contributed by atoms with van der Waals surface area (Å²) in [6.07, 6.45) is 5.08. The van der Waals surface area contributed by atoms with Crippen LogP contribution in [0.3, 0.4) is 0 Å². The monoisotopic (exact) mass is 345 g/mol. The molecule has 1 aromatic carbocycles. The van der Waals surface area contributed by atoms with Gasteiger partial charge in [-0.1, -0.05) is 13.8 Å². The van der Waals surface area contributed by atoms with Gasteiger partial charge in [0.15, 0.2) is 0 Å². The van der Waals surface area contributed by atoms with E-state index in [1.165, 1.54) is 25.0 Å². The maximum absolute atomic E-state index is 13.8. The molecule has 0 atom stereocenters. The highest BCUT2D eigenvalue weighted by Crippen LogP contribution is 2.29. The first-order chi connectivity index (χ1) is 9.37. The zero-order valence-corrected chi connectivity index (χ0v) is 13.7. The molecule has 0 aliphatic heterocycles. The van der Waals surface area contributed by atoms with Crippen molar-refractivity contribution < 1.29 is 8.78 Å². The number of hydrogen-bond donors (Lipinski definition) is 1. The number of rotatable bonds is 7. The summed E-state index contributed by atoms with van der Waals surface area (Å²) in [6.45, 7) is 5.39. The van der Waals surface area contributed by atoms with Gasteiger partial charge in [0.2, 0.25) is 0 Å². The second kappa shape index (κ2) is 6.52. The molecule has 0 amide bonds. The average Bonchev–Trinajstić information content (AvgIpc) is 3.16. The highest BCUT2D eigenvalue weighted by molar-refractivity contribution is 9.10. The highest BCUT2D eigenvalue weighted by Gasteiger charge is 2.23. The molecule has 0 spiro atoms. The molecule has 1 N–H and O–H groups in total. The van der Waals surface area contributed by atoms with Crippen LogP contribution >= 0.6 is 15.9 Å². The van der Waals surface area contributed by atoms with Gasteiger partial charge in [-0.15, -0.1) is 0 Å². The first-order valence-electron chi connectivity index (χ1n) is 7.24. The summed E-state index contributed by atoms with van der Waals surface area (Å²) in [7, 11) is 0. The lowest BCUT2D eigenvalue weighted by molar-refractivity contribution is 0.300. The fraction of sp³-hybridized carbons (Fsp3) is 0.625. The predicted molar refractivity (Wildman–Crippen MR) is 81.8 cm³/mol. The van der Waals surface area contributed by atoms with Crippen LogP contribution < -0.4 is 5.32 Å². The Balaban J connectivity index is 1.84. The molecular weight excluding hydrogens is 324 g/mol. The molecule has 0 bridgehead atoms. The van der Waals surface area contributed by atoms with E-state index < -0.39 is 5.82 Å². The van der Waals surface area contributed by atoms with Gasteiger partial charge in [-0.3, -0.25) is 0 Å². The van der Waals surface area contributed by atoms with Gasteiger partial charge >= 0.3 is 0 Å². The van der Waals surface area contributed by atoms with E-state index in [1.807, 2.05) is 0 Å². The zero-order chi connectivity index (χ0) is 14.8. The summed E-state index contributed by atoms with van der Waals surface area (Å²) in [5.41, 5.74) is 0.603. The Morgan fingerprint density at radius 1 is 1.20 bits per heavy atom. The number of aryl methyl sites for hydroxylation is 1. The molecule has 0 radical (unpaired) electrons. The van der Waals surface area contributed by atoms with Gasteiger partial charge in [-0.25, -0.2) is 8.78 Å². The Morgan fingerprint density at radius 2 is 1.90 bits per heavy atom. The zero-order valence-electron chi connectivity index (χ0n) is 12.1. The van der Waals surface area contributed by atoms with E-state index in [2.05, 4.69) is 35.1 Å². The van der Waals surface area contributed by atoms with Crippen LogP contribution in [0.5, 0.6) is 0 Å². The number of benzene rings is 1. The van der Waals surface area contributed by atoms with E-state index in [0.717, 1.165) is 25.4 Å². The van der Waals surface area contributed by atoms with Gasteiger partial charge in [-0.05, 0) is 77.7 Å². The van der Waals surface area contributed by atoms with Gasteiger partial charge < -0.3 is 5.32 Å². The van der Waals surface area contributed by atoms with Crippen molar-refractivity contribution in [3.05, 3.63) is 33.8 Å². The fourth-order valence-corrected chi connectivity index (χ4v) is 2.57. The Labute approximate surface area is 128 Å². The quantitative estimate of drug-likeness (QED) is 0.698. The Kier molecular flexibility index (Phi) is 5.19. The molecule has 0 heterocycles. The molecule has 1 aromatic rings. The number of hydrogen-bond acceptors (Lipinski definition) is 1. The van der Waals surface area contributed by atoms with E-state index in [9.17, 15) is 8.78 Å². The lowest BCUT2D eigenvalue weighted by atomic mass is 9.83. The van der Waals surface area contributed by atoms with Crippen LogP contribution in [0.15, 0.2) is 16.6 Å². The topological polar surface area (TPSA) is 12.0 Å². The first-order valence-corrected chi connectivity index (χ1v) is 8.03. The minimum absolute atomic E-state index is 0.137. The third-order valence-corrected chi connectivity index (χ3v) is 4.58. The fourth-order valence-electron chi connectivity index (χ4n) is 2.26. The molecule has 112 valence electrons. The smallest absolute Gasteiger partial charge is 0.137 e. The van der Waals surface area contributed by atoms with Gasteiger partial charge in [0, 0.05) is 6.04 Å². The maximum atomic E-state index is 13.8. The third kappa shape index (κ3) is 4.81. The van der Waals surface area contributed by atoms with Crippen molar-refractivity contribution in [1.82, 2.24) is 5.32 Å². The Morgan fingerprint density at radius 3 is 2.55 bits per heavy atom. The van der Waals surface area contributed by atoms with Crippen molar-refractivity contribution in [2.24, 2.45) is 5.41 Å². The van der Waals surface area contributed by atoms with Crippen molar-refractivity contribution in [2.45, 2.75) is 52.0 Å². The summed E-state index contributed by atoms with van der Waals surface area (Å²) < 4.78 is 27.4. The standard InChI is InChI=1S/C16H22BrF2N/c1-16(2,7-8-20-12-3-4-12)6-5-11-9-15(19)13(17)10-14(11)18/h9-10,12,20H,3-8H2,1-2H3. The summed E-state index contributed by atoms with van der Waals surface area (Å²) in [6, 6.07) is 3.24. The number of nitrogens with one attached hydrogen (secondary N) is 1. The molecule has 0 saturated heterocycles. The van der Waals surface area contributed by atoms with Crippen LogP contribution in [-0.2, 0) is 6.42 Å². The van der Waals surface area contributed by atoms with Crippen LogP contribution in [0.1, 0.15) is 45.1 Å². The molecule has 1 aliphatic rings. The van der Waals surface area contributed by atoms with Crippen LogP contribution in [0.2, 0.25) is 0 Å². The van der Waals surface area contributed by atoms with Crippen molar-refractivity contribution in [2.75, 3.05) is 6.54 Å². The van der Waals surface area contributed by atoms with Crippen LogP contribution in [0, 0.1) is 17.0 Å². The molecule has 1 aliphatic carbocycles. The first kappa shape index (κ1) is 15.9. The van der Waals surface area contributed by atoms with E-state index in [4.69, 9.17) is 0 Å². The van der Waals surface area contributed by atoms with E-state index in [1.54, 1.807) is 0 Å². The lowest BCUT2D eigenvalue weighted by Gasteiger charge is -2.25. The van der Waals surface area contributed by atoms with Gasteiger partial charge in [0.05, 0.1) is 4.47 Å². The van der Waals surface area contributed by atoms with Crippen LogP contribution in [0.25, 0.3) is 0 Å². The minimum Gasteiger partial charge on any atom is -0.314 e. The Hall–Kier alpha value is -0.480. The van der Waals surface area contributed by atoms with Gasteiger partial charge in [0.1, 0.15) is 11.6 Å². The van der Waals surface area contributed by atoms with Crippen molar-refractivity contribution in [1.29, 1.82) is 0 Å². The molecule has 0 unspecified atom stereocenters. The molecule has 1 saturated carbocycles. The van der Waals surface area contributed by atoms with Crippen molar-refractivity contribution >= 4 is 15.9 Å². The molecule has 4 heteroatoms. The molecule has 1 nitrogen and oxygen atoms in total. The summed E-state index contributed by atoms with van der Waals surface area (Å²) in [4.78, 5) is 0. The molecular formula is C16H22BrF2N. The van der Waals surface area contributed by atoms with Gasteiger partial charge in [-0.2, -0.15) is 0 Å². The van der Waals surface area contributed by atoms with Crippen molar-refractivity contribution in [3.8, 4) is 0 Å². The number of halogens is 3. The largest absolute Gasteiger partial charge is 0.314 e. The predicted octanol–water partition coefficient (Wildman–Crippen LogP) is 4.83. The van der Waals surface area contributed by atoms with Gasteiger partial charge in [0.25, 0.3) is 0 Å². The van der Waals surface area contributed by atoms with Crippen molar-refractivity contribution in [3.63, 3.8) is 0 Å². The normalized spacial score (nSPS) is 15.7.